The van der Waals surface area contributed by atoms with Gasteiger partial charge in [0.15, 0.2) is 5.60 Å². The number of oxime groups is 1. The zero-order valence-corrected chi connectivity index (χ0v) is 21.7. The molecule has 2 aromatic carbocycles. The molecule has 0 bridgehead atoms. The van der Waals surface area contributed by atoms with E-state index in [9.17, 15) is 9.18 Å². The minimum atomic E-state index is -0.220. The van der Waals surface area contributed by atoms with Gasteiger partial charge in [0.25, 0.3) is 0 Å². The quantitative estimate of drug-likeness (QED) is 0.452. The minimum absolute atomic E-state index is 0.0299. The van der Waals surface area contributed by atoms with Gasteiger partial charge in [0.1, 0.15) is 11.6 Å². The Morgan fingerprint density at radius 2 is 1.76 bits per heavy atom. The van der Waals surface area contributed by atoms with Gasteiger partial charge in [0.05, 0.1) is 25.8 Å². The van der Waals surface area contributed by atoms with Crippen LogP contribution in [0.1, 0.15) is 62.0 Å². The Morgan fingerprint density at radius 1 is 1.05 bits per heavy atom. The fourth-order valence-corrected chi connectivity index (χ4v) is 6.46. The van der Waals surface area contributed by atoms with Gasteiger partial charge in [-0.2, -0.15) is 0 Å². The van der Waals surface area contributed by atoms with Crippen LogP contribution in [0.25, 0.3) is 11.1 Å². The third-order valence-electron chi connectivity index (χ3n) is 8.64. The van der Waals surface area contributed by atoms with E-state index in [1.54, 1.807) is 7.11 Å². The second kappa shape index (κ2) is 9.75. The number of rotatable bonds is 7. The first-order chi connectivity index (χ1) is 18.0. The molecule has 2 saturated carbocycles. The first-order valence-electron chi connectivity index (χ1n) is 13.5. The molecule has 0 radical (unpaired) electrons. The highest BCUT2D eigenvalue weighted by molar-refractivity contribution is 5.89. The summed E-state index contributed by atoms with van der Waals surface area (Å²) in [6, 6.07) is 11.2. The molecule has 2 aliphatic heterocycles. The summed E-state index contributed by atoms with van der Waals surface area (Å²) in [5.41, 5.74) is 5.64. The SMILES string of the molecule is COc1cc(-c2ccc(F)cc2)c(C2CC2)cc1CN1CC2(CC([C@H]3CC[C@H](C(=O)OC)CC3)=NO2)C1. The first kappa shape index (κ1) is 24.4. The minimum Gasteiger partial charge on any atom is -0.496 e. The van der Waals surface area contributed by atoms with Gasteiger partial charge >= 0.3 is 5.97 Å². The van der Waals surface area contributed by atoms with Crippen LogP contribution in [-0.2, 0) is 20.9 Å². The van der Waals surface area contributed by atoms with Crippen molar-refractivity contribution in [2.45, 2.75) is 63.0 Å². The number of methoxy groups -OCH3 is 2. The van der Waals surface area contributed by atoms with Crippen molar-refractivity contribution in [3.63, 3.8) is 0 Å². The molecule has 0 N–H and O–H groups in total. The summed E-state index contributed by atoms with van der Waals surface area (Å²) in [7, 11) is 3.19. The van der Waals surface area contributed by atoms with Crippen LogP contribution in [0.4, 0.5) is 4.39 Å². The number of hydrogen-bond donors (Lipinski definition) is 0. The molecule has 0 amide bonds. The van der Waals surface area contributed by atoms with Crippen LogP contribution in [0, 0.1) is 17.7 Å². The molecule has 2 aliphatic carbocycles. The van der Waals surface area contributed by atoms with Crippen LogP contribution in [0.2, 0.25) is 0 Å². The van der Waals surface area contributed by atoms with Crippen LogP contribution < -0.4 is 4.74 Å². The van der Waals surface area contributed by atoms with E-state index in [-0.39, 0.29) is 23.3 Å². The van der Waals surface area contributed by atoms with Crippen LogP contribution in [0.3, 0.4) is 0 Å². The second-order valence-electron chi connectivity index (χ2n) is 11.3. The van der Waals surface area contributed by atoms with Gasteiger partial charge in [-0.25, -0.2) is 4.39 Å². The zero-order valence-electron chi connectivity index (χ0n) is 21.7. The van der Waals surface area contributed by atoms with Gasteiger partial charge < -0.3 is 14.3 Å². The maximum atomic E-state index is 13.5. The van der Waals surface area contributed by atoms with E-state index in [1.807, 2.05) is 12.1 Å². The normalized spacial score (nSPS) is 24.8. The lowest BCUT2D eigenvalue weighted by Gasteiger charge is -2.45. The van der Waals surface area contributed by atoms with E-state index in [2.05, 4.69) is 22.2 Å². The monoisotopic (exact) mass is 506 g/mol. The third kappa shape index (κ3) is 4.86. The van der Waals surface area contributed by atoms with Gasteiger partial charge in [-0.15, -0.1) is 0 Å². The maximum absolute atomic E-state index is 13.5. The third-order valence-corrected chi connectivity index (χ3v) is 8.64. The summed E-state index contributed by atoms with van der Waals surface area (Å²) in [5.74, 6) is 1.58. The lowest BCUT2D eigenvalue weighted by atomic mass is 9.76. The summed E-state index contributed by atoms with van der Waals surface area (Å²) in [6.07, 6.45) is 6.96. The molecule has 2 aromatic rings. The number of carbonyl (C=O) groups excluding carboxylic acids is 1. The smallest absolute Gasteiger partial charge is 0.308 e. The Hall–Kier alpha value is -2.93. The van der Waals surface area contributed by atoms with Crippen LogP contribution in [0.15, 0.2) is 41.6 Å². The molecule has 4 aliphatic rings. The summed E-state index contributed by atoms with van der Waals surface area (Å²) in [6.45, 7) is 2.50. The Morgan fingerprint density at radius 3 is 2.41 bits per heavy atom. The van der Waals surface area contributed by atoms with Gasteiger partial charge in [-0.1, -0.05) is 17.3 Å². The standard InChI is InChI=1S/C30H35FN2O4/c1-35-28-14-26(20-9-11-24(31)12-10-20)25(19-3-4-19)13-23(28)16-33-17-30(18-33)15-27(32-37-30)21-5-7-22(8-6-21)29(34)36-2/h9-14,19,21-22H,3-8,15-18H2,1-2H3/t21-,22-. The molecule has 0 aromatic heterocycles. The van der Waals surface area contributed by atoms with Gasteiger partial charge in [-0.3, -0.25) is 9.69 Å². The Balaban J connectivity index is 1.10. The summed E-state index contributed by atoms with van der Waals surface area (Å²) >= 11 is 0. The molecule has 1 saturated heterocycles. The molecule has 6 rings (SSSR count). The average molecular weight is 507 g/mol. The van der Waals surface area contributed by atoms with Crippen molar-refractivity contribution in [1.29, 1.82) is 0 Å². The Kier molecular flexibility index (Phi) is 6.43. The number of ether oxygens (including phenoxy) is 2. The van der Waals surface area contributed by atoms with E-state index >= 15 is 0 Å². The largest absolute Gasteiger partial charge is 0.496 e. The molecular formula is C30H35FN2O4. The summed E-state index contributed by atoms with van der Waals surface area (Å²) < 4.78 is 24.3. The molecule has 0 atom stereocenters. The number of nitrogens with zero attached hydrogens (tertiary/aromatic N) is 2. The molecule has 6 nitrogen and oxygen atoms in total. The molecule has 37 heavy (non-hydrogen) atoms. The van der Waals surface area contributed by atoms with Crippen molar-refractivity contribution in [2.24, 2.45) is 17.0 Å². The number of esters is 1. The number of halogens is 1. The molecular weight excluding hydrogens is 471 g/mol. The molecule has 3 fully saturated rings. The Labute approximate surface area is 217 Å². The predicted octanol–water partition coefficient (Wildman–Crippen LogP) is 5.69. The number of benzene rings is 2. The van der Waals surface area contributed by atoms with E-state index in [1.165, 1.54) is 48.9 Å². The van der Waals surface area contributed by atoms with Crippen LogP contribution in [0.5, 0.6) is 5.75 Å². The van der Waals surface area contributed by atoms with Gasteiger partial charge in [-0.05, 0) is 85.4 Å². The summed E-state index contributed by atoms with van der Waals surface area (Å²) in [5, 5.41) is 4.52. The fraction of sp³-hybridized carbons (Fsp3) is 0.533. The van der Waals surface area contributed by atoms with Crippen molar-refractivity contribution in [3.8, 4) is 16.9 Å². The molecule has 1 spiro atoms. The topological polar surface area (TPSA) is 60.4 Å². The number of hydrogen-bond acceptors (Lipinski definition) is 6. The van der Waals surface area contributed by atoms with E-state index in [0.717, 1.165) is 68.6 Å². The van der Waals surface area contributed by atoms with Gasteiger partial charge in [0, 0.05) is 37.5 Å². The highest BCUT2D eigenvalue weighted by atomic mass is 19.1. The van der Waals surface area contributed by atoms with E-state index in [4.69, 9.17) is 14.3 Å². The van der Waals surface area contributed by atoms with Crippen molar-refractivity contribution in [3.05, 3.63) is 53.3 Å². The molecule has 7 heteroatoms. The lowest BCUT2D eigenvalue weighted by molar-refractivity contribution is -0.146. The highest BCUT2D eigenvalue weighted by Crippen LogP contribution is 2.47. The van der Waals surface area contributed by atoms with Crippen molar-refractivity contribution in [2.75, 3.05) is 27.3 Å². The number of carbonyl (C=O) groups is 1. The zero-order chi connectivity index (χ0) is 25.6. The molecule has 0 unspecified atom stereocenters. The summed E-state index contributed by atoms with van der Waals surface area (Å²) in [4.78, 5) is 20.3. The van der Waals surface area contributed by atoms with Crippen molar-refractivity contribution < 1.29 is 23.5 Å². The van der Waals surface area contributed by atoms with Crippen LogP contribution >= 0.6 is 0 Å². The first-order valence-corrected chi connectivity index (χ1v) is 13.5. The Bertz CT molecular complexity index is 1190. The van der Waals surface area contributed by atoms with Gasteiger partial charge in [0.2, 0.25) is 0 Å². The lowest BCUT2D eigenvalue weighted by Crippen LogP contribution is -2.61. The van der Waals surface area contributed by atoms with E-state index < -0.39 is 0 Å². The van der Waals surface area contributed by atoms with Crippen LogP contribution in [-0.4, -0.2) is 49.5 Å². The van der Waals surface area contributed by atoms with Crippen molar-refractivity contribution in [1.82, 2.24) is 4.90 Å². The second-order valence-corrected chi connectivity index (χ2v) is 11.3. The van der Waals surface area contributed by atoms with E-state index in [0.29, 0.717) is 11.8 Å². The average Bonchev–Trinajstić information content (AvgIpc) is 3.66. The maximum Gasteiger partial charge on any atom is 0.308 e. The molecule has 2 heterocycles. The number of likely N-dealkylation sites (tertiary alicyclic amines) is 1. The van der Waals surface area contributed by atoms with Crippen molar-refractivity contribution >= 4 is 11.7 Å². The molecule has 196 valence electrons. The fourth-order valence-electron chi connectivity index (χ4n) is 6.46. The highest BCUT2D eigenvalue weighted by Gasteiger charge is 2.51. The predicted molar refractivity (Wildman–Crippen MR) is 139 cm³/mol.